The van der Waals surface area contributed by atoms with Crippen LogP contribution in [0.25, 0.3) is 0 Å². The summed E-state index contributed by atoms with van der Waals surface area (Å²) in [5, 5.41) is 0.867. The van der Waals surface area contributed by atoms with Gasteiger partial charge in [-0.15, -0.1) is 0 Å². The summed E-state index contributed by atoms with van der Waals surface area (Å²) in [6, 6.07) is 0. The highest BCUT2D eigenvalue weighted by Gasteiger charge is 2.01. The second-order valence-corrected chi connectivity index (χ2v) is 7.21. The highest BCUT2D eigenvalue weighted by Crippen LogP contribution is 2.23. The molecule has 102 valence electrons. The van der Waals surface area contributed by atoms with E-state index in [2.05, 4.69) is 22.9 Å². The Balaban J connectivity index is 3.05. The molecule has 0 saturated heterocycles. The van der Waals surface area contributed by atoms with E-state index in [4.69, 9.17) is 4.74 Å². The van der Waals surface area contributed by atoms with Crippen molar-refractivity contribution in [3.8, 4) is 0 Å². The summed E-state index contributed by atoms with van der Waals surface area (Å²) in [7, 11) is 3.83. The molecule has 0 heterocycles. The summed E-state index contributed by atoms with van der Waals surface area (Å²) < 4.78 is 5.11. The number of hydrogen-bond acceptors (Lipinski definition) is 4. The molecule has 0 bridgehead atoms. The first-order valence-corrected chi connectivity index (χ1v) is 9.88. The highest BCUT2D eigenvalue weighted by molar-refractivity contribution is 9.09. The van der Waals surface area contributed by atoms with Gasteiger partial charge in [0.2, 0.25) is 0 Å². The van der Waals surface area contributed by atoms with Crippen LogP contribution >= 0.6 is 37.5 Å². The highest BCUT2D eigenvalue weighted by atomic mass is 79.9. The number of carbonyl (C=O) groups excluding carboxylic acids is 1. The first kappa shape index (κ1) is 17.6. The molecule has 0 aromatic heterocycles. The van der Waals surface area contributed by atoms with E-state index in [1.54, 1.807) is 0 Å². The van der Waals surface area contributed by atoms with Crippen LogP contribution in [-0.4, -0.2) is 29.4 Å². The van der Waals surface area contributed by atoms with Gasteiger partial charge in [0, 0.05) is 23.3 Å². The molecule has 0 amide bonds. The van der Waals surface area contributed by atoms with Crippen molar-refractivity contribution in [1.29, 1.82) is 0 Å². The van der Waals surface area contributed by atoms with Crippen LogP contribution in [0.4, 0.5) is 0 Å². The molecule has 0 atom stereocenters. The lowest BCUT2D eigenvalue weighted by Gasteiger charge is -2.04. The molecule has 0 aliphatic rings. The molecule has 0 aliphatic heterocycles. The molecule has 0 aliphatic carbocycles. The molecule has 0 saturated carbocycles. The predicted molar refractivity (Wildman–Crippen MR) is 83.0 cm³/mol. The molecule has 0 rings (SSSR count). The number of esters is 1. The fraction of sp³-hybridized carbons (Fsp3) is 0.917. The van der Waals surface area contributed by atoms with E-state index in [-0.39, 0.29) is 5.97 Å². The summed E-state index contributed by atoms with van der Waals surface area (Å²) in [5.41, 5.74) is 0. The number of unbranched alkanes of at least 4 members (excludes halogenated alkanes) is 2. The van der Waals surface area contributed by atoms with Crippen LogP contribution in [0.3, 0.4) is 0 Å². The SMILES string of the molecule is CCCCCSSCCCOC(=O)CCCBr. The van der Waals surface area contributed by atoms with Gasteiger partial charge in [-0.1, -0.05) is 57.3 Å². The standard InChI is InChI=1S/C12H23BrO2S2/c1-2-3-4-10-16-17-11-6-9-15-12(14)7-5-8-13/h2-11H2,1H3. The van der Waals surface area contributed by atoms with Crippen LogP contribution in [0.2, 0.25) is 0 Å². The molecule has 0 fully saturated rings. The second kappa shape index (κ2) is 14.7. The first-order chi connectivity index (χ1) is 8.31. The van der Waals surface area contributed by atoms with Crippen molar-refractivity contribution in [2.24, 2.45) is 0 Å². The lowest BCUT2D eigenvalue weighted by Crippen LogP contribution is -2.06. The van der Waals surface area contributed by atoms with Crippen LogP contribution in [-0.2, 0) is 9.53 Å². The van der Waals surface area contributed by atoms with Crippen LogP contribution < -0.4 is 0 Å². The van der Waals surface area contributed by atoms with Gasteiger partial charge in [0.1, 0.15) is 0 Å². The number of alkyl halides is 1. The quantitative estimate of drug-likeness (QED) is 0.223. The number of rotatable bonds is 12. The minimum absolute atomic E-state index is 0.0648. The maximum absolute atomic E-state index is 11.2. The van der Waals surface area contributed by atoms with Gasteiger partial charge in [0.05, 0.1) is 6.61 Å². The fourth-order valence-electron chi connectivity index (χ4n) is 1.12. The zero-order valence-corrected chi connectivity index (χ0v) is 13.8. The van der Waals surface area contributed by atoms with Gasteiger partial charge in [-0.25, -0.2) is 0 Å². The van der Waals surface area contributed by atoms with Crippen LogP contribution in [0.5, 0.6) is 0 Å². The predicted octanol–water partition coefficient (Wildman–Crippen LogP) is 4.67. The Bertz CT molecular complexity index is 180. The minimum Gasteiger partial charge on any atom is -0.466 e. The number of ether oxygens (including phenoxy) is 1. The van der Waals surface area contributed by atoms with Crippen molar-refractivity contribution in [1.82, 2.24) is 0 Å². The summed E-state index contributed by atoms with van der Waals surface area (Å²) in [6.45, 7) is 2.80. The van der Waals surface area contributed by atoms with E-state index in [0.29, 0.717) is 13.0 Å². The van der Waals surface area contributed by atoms with E-state index in [0.717, 1.165) is 23.9 Å². The third-order valence-corrected chi connectivity index (χ3v) is 5.20. The molecule has 0 aromatic carbocycles. The van der Waals surface area contributed by atoms with E-state index in [9.17, 15) is 4.79 Å². The molecular weight excluding hydrogens is 320 g/mol. The topological polar surface area (TPSA) is 26.3 Å². The van der Waals surface area contributed by atoms with Gasteiger partial charge in [-0.3, -0.25) is 4.79 Å². The Morgan fingerprint density at radius 2 is 1.82 bits per heavy atom. The lowest BCUT2D eigenvalue weighted by atomic mass is 10.3. The zero-order chi connectivity index (χ0) is 12.8. The number of carbonyl (C=O) groups is 1. The van der Waals surface area contributed by atoms with Crippen LogP contribution in [0, 0.1) is 0 Å². The molecule has 0 N–H and O–H groups in total. The van der Waals surface area contributed by atoms with Crippen molar-refractivity contribution < 1.29 is 9.53 Å². The zero-order valence-electron chi connectivity index (χ0n) is 10.6. The molecule has 5 heteroatoms. The minimum atomic E-state index is -0.0648. The Morgan fingerprint density at radius 1 is 1.12 bits per heavy atom. The molecule has 0 aromatic rings. The first-order valence-electron chi connectivity index (χ1n) is 6.27. The summed E-state index contributed by atoms with van der Waals surface area (Å²) in [5.74, 6) is 2.25. The van der Waals surface area contributed by atoms with Gasteiger partial charge < -0.3 is 4.74 Å². The van der Waals surface area contributed by atoms with E-state index in [1.807, 2.05) is 21.6 Å². The van der Waals surface area contributed by atoms with Crippen molar-refractivity contribution in [2.75, 3.05) is 23.4 Å². The van der Waals surface area contributed by atoms with Crippen molar-refractivity contribution >= 4 is 43.5 Å². The van der Waals surface area contributed by atoms with Crippen LogP contribution in [0.15, 0.2) is 0 Å². The molecular formula is C12H23BrO2S2. The molecule has 0 spiro atoms. The fourth-order valence-corrected chi connectivity index (χ4v) is 3.60. The third kappa shape index (κ3) is 14.6. The normalized spacial score (nSPS) is 10.5. The summed E-state index contributed by atoms with van der Waals surface area (Å²) in [6.07, 6.45) is 6.29. The Hall–Kier alpha value is 0.650. The largest absolute Gasteiger partial charge is 0.466 e. The van der Waals surface area contributed by atoms with Gasteiger partial charge in [-0.05, 0) is 19.3 Å². The molecule has 0 radical (unpaired) electrons. The van der Waals surface area contributed by atoms with Crippen molar-refractivity contribution in [3.63, 3.8) is 0 Å². The number of halogens is 1. The lowest BCUT2D eigenvalue weighted by molar-refractivity contribution is -0.143. The van der Waals surface area contributed by atoms with Gasteiger partial charge >= 0.3 is 5.97 Å². The average Bonchev–Trinajstić information content (AvgIpc) is 2.34. The maximum Gasteiger partial charge on any atom is 0.305 e. The van der Waals surface area contributed by atoms with Crippen molar-refractivity contribution in [2.45, 2.75) is 45.4 Å². The molecule has 2 nitrogen and oxygen atoms in total. The van der Waals surface area contributed by atoms with Gasteiger partial charge in [0.25, 0.3) is 0 Å². The molecule has 17 heavy (non-hydrogen) atoms. The Morgan fingerprint density at radius 3 is 2.47 bits per heavy atom. The van der Waals surface area contributed by atoms with E-state index in [1.165, 1.54) is 25.0 Å². The molecule has 0 unspecified atom stereocenters. The summed E-state index contributed by atoms with van der Waals surface area (Å²) in [4.78, 5) is 11.2. The third-order valence-electron chi connectivity index (χ3n) is 2.06. The Labute approximate surface area is 122 Å². The average molecular weight is 343 g/mol. The number of hydrogen-bond donors (Lipinski definition) is 0. The van der Waals surface area contributed by atoms with Gasteiger partial charge in [-0.2, -0.15) is 0 Å². The monoisotopic (exact) mass is 342 g/mol. The second-order valence-electron chi connectivity index (χ2n) is 3.72. The smallest absolute Gasteiger partial charge is 0.305 e. The maximum atomic E-state index is 11.2. The Kier molecular flexibility index (Phi) is 15.3. The van der Waals surface area contributed by atoms with Crippen molar-refractivity contribution in [3.05, 3.63) is 0 Å². The van der Waals surface area contributed by atoms with Crippen LogP contribution in [0.1, 0.15) is 45.4 Å². The van der Waals surface area contributed by atoms with Gasteiger partial charge in [0.15, 0.2) is 0 Å². The van der Waals surface area contributed by atoms with E-state index >= 15 is 0 Å². The van der Waals surface area contributed by atoms with E-state index < -0.39 is 0 Å². The summed E-state index contributed by atoms with van der Waals surface area (Å²) >= 11 is 3.29.